The summed E-state index contributed by atoms with van der Waals surface area (Å²) in [5.74, 6) is 1.39. The molecule has 8 heteroatoms. The minimum atomic E-state index is -0.275. The number of thioether (sulfide) groups is 1. The largest absolute Gasteiger partial charge is 0.490 e. The van der Waals surface area contributed by atoms with Crippen molar-refractivity contribution >= 4 is 45.7 Å². The summed E-state index contributed by atoms with van der Waals surface area (Å²) in [6.45, 7) is 1.93. The van der Waals surface area contributed by atoms with Crippen molar-refractivity contribution in [2.24, 2.45) is 0 Å². The van der Waals surface area contributed by atoms with Crippen molar-refractivity contribution in [2.45, 2.75) is 48.8 Å². The van der Waals surface area contributed by atoms with Gasteiger partial charge in [0.1, 0.15) is 16.3 Å². The van der Waals surface area contributed by atoms with E-state index >= 15 is 0 Å². The number of fused-ring (bicyclic) bond motifs is 1. The molecule has 0 unspecified atom stereocenters. The van der Waals surface area contributed by atoms with Crippen molar-refractivity contribution in [2.75, 3.05) is 5.32 Å². The number of furan rings is 1. The van der Waals surface area contributed by atoms with Gasteiger partial charge in [0.15, 0.2) is 10.1 Å². The normalized spacial score (nSPS) is 14.2. The van der Waals surface area contributed by atoms with Gasteiger partial charge in [-0.05, 0) is 50.8 Å². The lowest BCUT2D eigenvalue weighted by Gasteiger charge is -2.14. The second-order valence-corrected chi connectivity index (χ2v) is 10.2. The van der Waals surface area contributed by atoms with Crippen molar-refractivity contribution in [1.82, 2.24) is 10.2 Å². The molecule has 1 N–H and O–H groups in total. The third-order valence-corrected chi connectivity index (χ3v) is 7.45. The number of ether oxygens (including phenoxy) is 1. The van der Waals surface area contributed by atoms with Crippen LogP contribution in [0.4, 0.5) is 5.69 Å². The van der Waals surface area contributed by atoms with Gasteiger partial charge in [-0.2, -0.15) is 0 Å². The molecule has 0 spiro atoms. The molecule has 0 atom stereocenters. The first-order chi connectivity index (χ1) is 15.7. The average Bonchev–Trinajstić information content (AvgIpc) is 3.53. The zero-order valence-electron chi connectivity index (χ0n) is 17.7. The van der Waals surface area contributed by atoms with E-state index in [9.17, 15) is 4.79 Å². The zero-order valence-corrected chi connectivity index (χ0v) is 19.3. The van der Waals surface area contributed by atoms with Crippen molar-refractivity contribution in [3.05, 3.63) is 64.9 Å². The summed E-state index contributed by atoms with van der Waals surface area (Å²) < 4.78 is 12.9. The van der Waals surface area contributed by atoms with Gasteiger partial charge in [0.05, 0.1) is 6.10 Å². The van der Waals surface area contributed by atoms with Gasteiger partial charge in [-0.1, -0.05) is 47.4 Å². The predicted molar refractivity (Wildman–Crippen MR) is 128 cm³/mol. The van der Waals surface area contributed by atoms with Gasteiger partial charge in [-0.25, -0.2) is 0 Å². The van der Waals surface area contributed by atoms with E-state index in [-0.39, 0.29) is 12.0 Å². The minimum absolute atomic E-state index is 0.268. The number of aryl methyl sites for hydroxylation is 1. The molecule has 2 aromatic carbocycles. The Labute approximate surface area is 194 Å². The molecular weight excluding hydrogens is 442 g/mol. The van der Waals surface area contributed by atoms with Crippen LogP contribution in [0.15, 0.2) is 57.3 Å². The van der Waals surface area contributed by atoms with Crippen LogP contribution in [-0.4, -0.2) is 22.2 Å². The van der Waals surface area contributed by atoms with E-state index in [1.165, 1.54) is 12.8 Å². The van der Waals surface area contributed by atoms with Crippen molar-refractivity contribution in [1.29, 1.82) is 0 Å². The van der Waals surface area contributed by atoms with E-state index in [0.717, 1.165) is 38.9 Å². The Morgan fingerprint density at radius 2 is 2.03 bits per heavy atom. The molecule has 4 aromatic rings. The molecule has 0 saturated heterocycles. The number of hydrogen-bond acceptors (Lipinski definition) is 7. The first kappa shape index (κ1) is 21.0. The lowest BCUT2D eigenvalue weighted by molar-refractivity contribution is 0.0998. The Balaban J connectivity index is 1.37. The summed E-state index contributed by atoms with van der Waals surface area (Å²) in [6.07, 6.45) is 4.87. The molecule has 1 aliphatic rings. The van der Waals surface area contributed by atoms with Crippen LogP contribution < -0.4 is 10.1 Å². The number of benzene rings is 2. The average molecular weight is 466 g/mol. The number of nitrogens with zero attached hydrogens (tertiary/aromatic N) is 2. The maximum absolute atomic E-state index is 13.2. The summed E-state index contributed by atoms with van der Waals surface area (Å²) in [6, 6.07) is 15.3. The maximum atomic E-state index is 13.2. The highest BCUT2D eigenvalue weighted by Crippen LogP contribution is 2.34. The summed E-state index contributed by atoms with van der Waals surface area (Å²) >= 11 is 3.10. The Hall–Kier alpha value is -2.84. The fraction of sp³-hybridized carbons (Fsp3) is 0.292. The van der Waals surface area contributed by atoms with Gasteiger partial charge in [-0.3, -0.25) is 4.79 Å². The van der Waals surface area contributed by atoms with Crippen LogP contribution in [0.2, 0.25) is 0 Å². The van der Waals surface area contributed by atoms with Crippen molar-refractivity contribution in [3.8, 4) is 5.75 Å². The number of aromatic nitrogens is 2. The topological polar surface area (TPSA) is 77.2 Å². The van der Waals surface area contributed by atoms with Crippen LogP contribution in [0.1, 0.15) is 46.8 Å². The number of nitrogens with one attached hydrogen (secondary N) is 1. The lowest BCUT2D eigenvalue weighted by Crippen LogP contribution is -2.14. The Morgan fingerprint density at radius 1 is 1.19 bits per heavy atom. The Kier molecular flexibility index (Phi) is 6.14. The van der Waals surface area contributed by atoms with Crippen molar-refractivity contribution < 1.29 is 13.9 Å². The lowest BCUT2D eigenvalue weighted by atomic mass is 10.1. The number of amides is 1. The third-order valence-electron chi connectivity index (χ3n) is 5.45. The van der Waals surface area contributed by atoms with E-state index in [2.05, 4.69) is 15.5 Å². The monoisotopic (exact) mass is 465 g/mol. The van der Waals surface area contributed by atoms with E-state index < -0.39 is 0 Å². The molecule has 0 bridgehead atoms. The number of hydrogen-bond donors (Lipinski definition) is 1. The maximum Gasteiger partial charge on any atom is 0.291 e. The van der Waals surface area contributed by atoms with Crippen LogP contribution in [0.25, 0.3) is 11.0 Å². The van der Waals surface area contributed by atoms with Gasteiger partial charge in [-0.15, -0.1) is 10.2 Å². The molecule has 1 aliphatic carbocycles. The van der Waals surface area contributed by atoms with Gasteiger partial charge < -0.3 is 14.5 Å². The molecule has 5 rings (SSSR count). The van der Waals surface area contributed by atoms with Crippen LogP contribution in [0.5, 0.6) is 5.75 Å². The highest BCUT2D eigenvalue weighted by Gasteiger charge is 2.22. The smallest absolute Gasteiger partial charge is 0.291 e. The molecule has 0 radical (unpaired) electrons. The first-order valence-corrected chi connectivity index (χ1v) is 12.5. The van der Waals surface area contributed by atoms with E-state index in [4.69, 9.17) is 9.15 Å². The fourth-order valence-corrected chi connectivity index (χ4v) is 5.77. The van der Waals surface area contributed by atoms with Gasteiger partial charge >= 0.3 is 0 Å². The van der Waals surface area contributed by atoms with Gasteiger partial charge in [0.2, 0.25) is 0 Å². The molecular formula is C24H23N3O3S2. The van der Waals surface area contributed by atoms with E-state index in [0.29, 0.717) is 22.8 Å². The number of carbonyl (C=O) groups excluding carboxylic acids is 1. The van der Waals surface area contributed by atoms with Crippen LogP contribution in [-0.2, 0) is 5.75 Å². The molecule has 0 aliphatic heterocycles. The minimum Gasteiger partial charge on any atom is -0.490 e. The van der Waals surface area contributed by atoms with Crippen LogP contribution in [0, 0.1) is 6.92 Å². The van der Waals surface area contributed by atoms with Crippen LogP contribution in [0.3, 0.4) is 0 Å². The third kappa shape index (κ3) is 4.66. The standard InChI is InChI=1S/C24H23N3O3S2/c1-15-26-27-24(32-15)31-14-20-19-11-4-5-12-21(19)30-22(20)23(28)25-16-7-6-10-18(13-16)29-17-8-2-3-9-17/h4-7,10-13,17H,2-3,8-9,14H2,1H3,(H,25,28). The second kappa shape index (κ2) is 9.34. The number of carbonyl (C=O) groups is 1. The summed E-state index contributed by atoms with van der Waals surface area (Å²) in [5.41, 5.74) is 2.23. The first-order valence-electron chi connectivity index (χ1n) is 10.7. The molecule has 6 nitrogen and oxygen atoms in total. The Bertz CT molecular complexity index is 1240. The quantitative estimate of drug-likeness (QED) is 0.316. The van der Waals surface area contributed by atoms with E-state index in [1.807, 2.05) is 55.5 Å². The molecule has 2 aromatic heterocycles. The summed E-state index contributed by atoms with van der Waals surface area (Å²) in [5, 5.41) is 13.1. The predicted octanol–water partition coefficient (Wildman–Crippen LogP) is 6.46. The summed E-state index contributed by atoms with van der Waals surface area (Å²) in [4.78, 5) is 13.2. The van der Waals surface area contributed by atoms with Gasteiger partial charge in [0.25, 0.3) is 5.91 Å². The number of rotatable bonds is 7. The summed E-state index contributed by atoms with van der Waals surface area (Å²) in [7, 11) is 0. The Morgan fingerprint density at radius 3 is 2.84 bits per heavy atom. The molecule has 32 heavy (non-hydrogen) atoms. The molecule has 1 fully saturated rings. The molecule has 1 amide bonds. The van der Waals surface area contributed by atoms with Crippen molar-refractivity contribution in [3.63, 3.8) is 0 Å². The fourth-order valence-electron chi connectivity index (χ4n) is 3.93. The SMILES string of the molecule is Cc1nnc(SCc2c(C(=O)Nc3cccc(OC4CCCC4)c3)oc3ccccc23)s1. The van der Waals surface area contributed by atoms with Crippen LogP contribution >= 0.6 is 23.1 Å². The molecule has 164 valence electrons. The zero-order chi connectivity index (χ0) is 21.9. The van der Waals surface area contributed by atoms with E-state index in [1.54, 1.807) is 23.1 Å². The number of anilines is 1. The highest BCUT2D eigenvalue weighted by molar-refractivity contribution is 8.00. The number of para-hydroxylation sites is 1. The highest BCUT2D eigenvalue weighted by atomic mass is 32.2. The molecule has 1 saturated carbocycles. The molecule has 2 heterocycles. The van der Waals surface area contributed by atoms with Gasteiger partial charge in [0, 0.05) is 28.5 Å². The second-order valence-electron chi connectivity index (χ2n) is 7.79.